The van der Waals surface area contributed by atoms with Crippen LogP contribution in [0.5, 0.6) is 0 Å². The number of carbonyl (C=O) groups is 2. The molecule has 0 saturated carbocycles. The summed E-state index contributed by atoms with van der Waals surface area (Å²) in [4.78, 5) is 29.7. The molecule has 1 aliphatic heterocycles. The van der Waals surface area contributed by atoms with Crippen LogP contribution < -0.4 is 10.2 Å². The summed E-state index contributed by atoms with van der Waals surface area (Å²) < 4.78 is 40.1. The van der Waals surface area contributed by atoms with E-state index in [2.05, 4.69) is 10.3 Å². The fourth-order valence-electron chi connectivity index (χ4n) is 2.19. The molecule has 0 bridgehead atoms. The number of pyridine rings is 1. The van der Waals surface area contributed by atoms with E-state index in [1.165, 1.54) is 7.05 Å². The van der Waals surface area contributed by atoms with Crippen molar-refractivity contribution in [2.24, 2.45) is 5.41 Å². The number of nitrogens with one attached hydrogen (secondary N) is 1. The van der Waals surface area contributed by atoms with Crippen LogP contribution in [-0.4, -0.2) is 46.7 Å². The summed E-state index contributed by atoms with van der Waals surface area (Å²) in [5, 5.41) is 12.1. The molecule has 1 unspecified atom stereocenters. The number of aliphatic hydroxyl groups is 1. The lowest BCUT2D eigenvalue weighted by Crippen LogP contribution is -2.35. The Balaban J connectivity index is 2.45. The van der Waals surface area contributed by atoms with Crippen LogP contribution in [0, 0.1) is 5.41 Å². The average Bonchev–Trinajstić information content (AvgIpc) is 2.70. The third-order valence-corrected chi connectivity index (χ3v) is 3.64. The number of nitrogens with zero attached hydrogens (tertiary/aromatic N) is 3. The second-order valence-electron chi connectivity index (χ2n) is 6.80. The Kier molecular flexibility index (Phi) is 4.69. The molecular weight excluding hydrogens is 341 g/mol. The van der Waals surface area contributed by atoms with E-state index in [9.17, 15) is 27.9 Å². The lowest BCUT2D eigenvalue weighted by atomic mass is 9.95. The van der Waals surface area contributed by atoms with Crippen molar-refractivity contribution >= 4 is 23.4 Å². The van der Waals surface area contributed by atoms with E-state index in [0.29, 0.717) is 6.07 Å². The molecule has 7 nitrogen and oxygen atoms in total. The average molecular weight is 360 g/mol. The van der Waals surface area contributed by atoms with Gasteiger partial charge in [-0.05, 0) is 6.07 Å². The van der Waals surface area contributed by atoms with Crippen LogP contribution in [0.15, 0.2) is 12.3 Å². The van der Waals surface area contributed by atoms with Crippen molar-refractivity contribution in [3.05, 3.63) is 17.8 Å². The summed E-state index contributed by atoms with van der Waals surface area (Å²) >= 11 is 0. The maximum atomic E-state index is 13.4. The second-order valence-corrected chi connectivity index (χ2v) is 6.80. The van der Waals surface area contributed by atoms with Crippen molar-refractivity contribution in [2.75, 3.05) is 23.8 Å². The van der Waals surface area contributed by atoms with Gasteiger partial charge in [0.05, 0.1) is 24.0 Å². The molecule has 138 valence electrons. The lowest BCUT2D eigenvalue weighted by Gasteiger charge is -2.23. The second kappa shape index (κ2) is 6.17. The topological polar surface area (TPSA) is 85.8 Å². The molecule has 3 amide bonds. The number of urea groups is 1. The number of hydrogen-bond donors (Lipinski definition) is 2. The van der Waals surface area contributed by atoms with E-state index >= 15 is 0 Å². The normalized spacial score (nSPS) is 18.7. The van der Waals surface area contributed by atoms with Crippen LogP contribution in [-0.2, 0) is 11.0 Å². The molecule has 0 aliphatic carbocycles. The van der Waals surface area contributed by atoms with Crippen molar-refractivity contribution in [1.82, 2.24) is 9.88 Å². The lowest BCUT2D eigenvalue weighted by molar-refractivity contribution is -0.137. The highest BCUT2D eigenvalue weighted by Crippen LogP contribution is 2.37. The number of anilines is 2. The molecule has 2 heterocycles. The molecule has 1 aliphatic rings. The Morgan fingerprint density at radius 3 is 2.40 bits per heavy atom. The Morgan fingerprint density at radius 2 is 1.96 bits per heavy atom. The SMILES string of the molecule is CN1CC(O)N(c2cc(C(F)(F)F)c(NC(=O)C(C)(C)C)cn2)C1=O. The van der Waals surface area contributed by atoms with Gasteiger partial charge in [0.25, 0.3) is 0 Å². The first-order valence-corrected chi connectivity index (χ1v) is 7.43. The van der Waals surface area contributed by atoms with E-state index in [1.807, 2.05) is 0 Å². The van der Waals surface area contributed by atoms with E-state index in [4.69, 9.17) is 0 Å². The van der Waals surface area contributed by atoms with Gasteiger partial charge in [0.15, 0.2) is 6.23 Å². The van der Waals surface area contributed by atoms with Gasteiger partial charge < -0.3 is 15.3 Å². The van der Waals surface area contributed by atoms with Crippen LogP contribution in [0.4, 0.5) is 29.5 Å². The number of aromatic nitrogens is 1. The number of aliphatic hydroxyl groups excluding tert-OH is 1. The van der Waals surface area contributed by atoms with E-state index < -0.39 is 41.0 Å². The summed E-state index contributed by atoms with van der Waals surface area (Å²) in [5.41, 5.74) is -2.55. The van der Waals surface area contributed by atoms with Gasteiger partial charge in [-0.25, -0.2) is 14.7 Å². The molecule has 0 spiro atoms. The number of hydrogen-bond acceptors (Lipinski definition) is 4. The van der Waals surface area contributed by atoms with Gasteiger partial charge in [0.1, 0.15) is 5.82 Å². The Labute approximate surface area is 142 Å². The summed E-state index contributed by atoms with van der Waals surface area (Å²) in [7, 11) is 1.41. The first-order valence-electron chi connectivity index (χ1n) is 7.43. The zero-order valence-corrected chi connectivity index (χ0v) is 14.2. The molecule has 0 aromatic carbocycles. The van der Waals surface area contributed by atoms with Gasteiger partial charge in [-0.15, -0.1) is 0 Å². The number of rotatable bonds is 2. The predicted octanol–water partition coefficient (Wildman–Crippen LogP) is 2.28. The highest BCUT2D eigenvalue weighted by atomic mass is 19.4. The third kappa shape index (κ3) is 3.84. The van der Waals surface area contributed by atoms with Crippen molar-refractivity contribution < 1.29 is 27.9 Å². The molecular formula is C15H19F3N4O3. The van der Waals surface area contributed by atoms with Gasteiger partial charge in [0, 0.05) is 12.5 Å². The molecule has 2 N–H and O–H groups in total. The molecule has 1 atom stereocenters. The van der Waals surface area contributed by atoms with Crippen LogP contribution >= 0.6 is 0 Å². The van der Waals surface area contributed by atoms with Gasteiger partial charge in [0.2, 0.25) is 5.91 Å². The molecule has 1 aromatic rings. The molecule has 1 fully saturated rings. The number of alkyl halides is 3. The van der Waals surface area contributed by atoms with Crippen LogP contribution in [0.3, 0.4) is 0 Å². The summed E-state index contributed by atoms with van der Waals surface area (Å²) in [6.45, 7) is 4.63. The number of likely N-dealkylation sites (N-methyl/N-ethyl adjacent to an activating group) is 1. The van der Waals surface area contributed by atoms with E-state index in [1.54, 1.807) is 20.8 Å². The first kappa shape index (κ1) is 19.0. The third-order valence-electron chi connectivity index (χ3n) is 3.64. The summed E-state index contributed by atoms with van der Waals surface area (Å²) in [6, 6.07) is -0.0296. The van der Waals surface area contributed by atoms with Crippen molar-refractivity contribution in [3.8, 4) is 0 Å². The minimum atomic E-state index is -4.78. The highest BCUT2D eigenvalue weighted by Gasteiger charge is 2.40. The number of halogens is 3. The molecule has 1 aromatic heterocycles. The summed E-state index contributed by atoms with van der Waals surface area (Å²) in [5.74, 6) is -0.951. The van der Waals surface area contributed by atoms with Crippen molar-refractivity contribution in [3.63, 3.8) is 0 Å². The minimum Gasteiger partial charge on any atom is -0.371 e. The predicted molar refractivity (Wildman–Crippen MR) is 83.8 cm³/mol. The van der Waals surface area contributed by atoms with Crippen molar-refractivity contribution in [1.29, 1.82) is 0 Å². The zero-order valence-electron chi connectivity index (χ0n) is 14.2. The van der Waals surface area contributed by atoms with E-state index in [0.717, 1.165) is 16.0 Å². The summed E-state index contributed by atoms with van der Waals surface area (Å²) in [6.07, 6.45) is -5.25. The Hall–Kier alpha value is -2.36. The largest absolute Gasteiger partial charge is 0.418 e. The minimum absolute atomic E-state index is 0.0512. The van der Waals surface area contributed by atoms with Crippen LogP contribution in [0.25, 0.3) is 0 Å². The maximum Gasteiger partial charge on any atom is 0.418 e. The van der Waals surface area contributed by atoms with Crippen LogP contribution in [0.2, 0.25) is 0 Å². The van der Waals surface area contributed by atoms with Gasteiger partial charge >= 0.3 is 12.2 Å². The molecule has 0 radical (unpaired) electrons. The van der Waals surface area contributed by atoms with Crippen LogP contribution in [0.1, 0.15) is 26.3 Å². The quantitative estimate of drug-likeness (QED) is 0.847. The molecule has 1 saturated heterocycles. The number of carbonyl (C=O) groups excluding carboxylic acids is 2. The standard InChI is InChI=1S/C15H19F3N4O3/c1-14(2,3)12(24)20-9-6-19-10(5-8(9)15(16,17)18)22-11(23)7-21(4)13(22)25/h5-6,11,23H,7H2,1-4H3,(H,20,24). The van der Waals surface area contributed by atoms with Gasteiger partial charge in [-0.1, -0.05) is 20.8 Å². The monoisotopic (exact) mass is 360 g/mol. The highest BCUT2D eigenvalue weighted by molar-refractivity contribution is 5.96. The maximum absolute atomic E-state index is 13.4. The zero-order chi connectivity index (χ0) is 19.2. The van der Waals surface area contributed by atoms with Gasteiger partial charge in [-0.2, -0.15) is 13.2 Å². The van der Waals surface area contributed by atoms with E-state index in [-0.39, 0.29) is 12.4 Å². The molecule has 25 heavy (non-hydrogen) atoms. The first-order chi connectivity index (χ1) is 11.3. The number of amides is 3. The molecule has 2 rings (SSSR count). The Bertz CT molecular complexity index is 700. The Morgan fingerprint density at radius 1 is 1.36 bits per heavy atom. The van der Waals surface area contributed by atoms with Crippen molar-refractivity contribution in [2.45, 2.75) is 33.2 Å². The van der Waals surface area contributed by atoms with Gasteiger partial charge in [-0.3, -0.25) is 4.79 Å². The number of β-amino-alcohol motifs (C(OH)–C–C–N with tert-alkyl or cyclic N) is 1. The fourth-order valence-corrected chi connectivity index (χ4v) is 2.19. The smallest absolute Gasteiger partial charge is 0.371 e. The fraction of sp³-hybridized carbons (Fsp3) is 0.533. The molecule has 10 heteroatoms.